The third-order valence-electron chi connectivity index (χ3n) is 6.98. The van der Waals surface area contributed by atoms with Gasteiger partial charge in [-0.25, -0.2) is 4.39 Å². The van der Waals surface area contributed by atoms with Crippen molar-refractivity contribution >= 4 is 11.8 Å². The van der Waals surface area contributed by atoms with Crippen molar-refractivity contribution < 1.29 is 18.7 Å². The molecule has 2 fully saturated rings. The molecule has 6 nitrogen and oxygen atoms in total. The molecule has 7 heteroatoms. The van der Waals surface area contributed by atoms with Crippen LogP contribution in [0.4, 0.5) is 4.39 Å². The molecule has 1 aliphatic carbocycles. The van der Waals surface area contributed by atoms with Gasteiger partial charge in [0.2, 0.25) is 11.8 Å². The Morgan fingerprint density at radius 3 is 2.59 bits per heavy atom. The van der Waals surface area contributed by atoms with Crippen molar-refractivity contribution in [3.8, 4) is 0 Å². The molecule has 2 aliphatic rings. The summed E-state index contributed by atoms with van der Waals surface area (Å²) in [6.07, 6.45) is 8.26. The highest BCUT2D eigenvalue weighted by Gasteiger charge is 2.40. The largest absolute Gasteiger partial charge is 0.383 e. The molecule has 2 atom stereocenters. The number of hydrogen-bond donors (Lipinski definition) is 1. The average molecular weight is 448 g/mol. The van der Waals surface area contributed by atoms with Crippen molar-refractivity contribution in [2.24, 2.45) is 5.92 Å². The maximum Gasteiger partial charge on any atom is 0.225 e. The molecule has 1 heterocycles. The van der Waals surface area contributed by atoms with Crippen molar-refractivity contribution in [3.63, 3.8) is 0 Å². The second kappa shape index (κ2) is 12.3. The van der Waals surface area contributed by atoms with Crippen LogP contribution in [0.2, 0.25) is 0 Å². The number of nitrogens with zero attached hydrogens (tertiary/aromatic N) is 2. The zero-order valence-electron chi connectivity index (χ0n) is 19.5. The highest BCUT2D eigenvalue weighted by Crippen LogP contribution is 2.37. The van der Waals surface area contributed by atoms with E-state index in [0.29, 0.717) is 38.6 Å². The summed E-state index contributed by atoms with van der Waals surface area (Å²) in [5.74, 6) is -0.711. The Morgan fingerprint density at radius 1 is 1.19 bits per heavy atom. The maximum absolute atomic E-state index is 13.5. The van der Waals surface area contributed by atoms with Crippen LogP contribution in [-0.2, 0) is 14.3 Å². The summed E-state index contributed by atoms with van der Waals surface area (Å²) in [5.41, 5.74) is 0.785. The molecule has 178 valence electrons. The molecule has 1 N–H and O–H groups in total. The number of rotatable bonds is 10. The molecule has 1 saturated heterocycles. The van der Waals surface area contributed by atoms with Crippen LogP contribution in [-0.4, -0.2) is 68.1 Å². The van der Waals surface area contributed by atoms with E-state index in [1.165, 1.54) is 44.2 Å². The van der Waals surface area contributed by atoms with E-state index >= 15 is 0 Å². The minimum absolute atomic E-state index is 0.00883. The molecule has 0 unspecified atom stereocenters. The Bertz CT molecular complexity index is 736. The smallest absolute Gasteiger partial charge is 0.225 e. The number of nitrogens with one attached hydrogen (secondary N) is 1. The van der Waals surface area contributed by atoms with Gasteiger partial charge in [0, 0.05) is 32.7 Å². The average Bonchev–Trinajstić information content (AvgIpc) is 2.81. The van der Waals surface area contributed by atoms with Crippen LogP contribution in [0.1, 0.15) is 63.0 Å². The SMILES string of the molecule is COCCN1C(=O)CC[C@@H](C(=O)NCCCN(C)C2CCCCC2)[C@@H]1c1ccc(F)cc1. The molecule has 0 spiro atoms. The fourth-order valence-corrected chi connectivity index (χ4v) is 5.13. The summed E-state index contributed by atoms with van der Waals surface area (Å²) in [6.45, 7) is 2.39. The molecular formula is C25H38FN3O3. The van der Waals surface area contributed by atoms with Gasteiger partial charge in [0.05, 0.1) is 18.6 Å². The molecule has 1 aromatic carbocycles. The topological polar surface area (TPSA) is 61.9 Å². The Labute approximate surface area is 191 Å². The highest BCUT2D eigenvalue weighted by atomic mass is 19.1. The first-order valence-corrected chi connectivity index (χ1v) is 12.0. The second-order valence-electron chi connectivity index (χ2n) is 9.14. The number of carbonyl (C=O) groups excluding carboxylic acids is 2. The fourth-order valence-electron chi connectivity index (χ4n) is 5.13. The van der Waals surface area contributed by atoms with E-state index in [4.69, 9.17) is 4.74 Å². The van der Waals surface area contributed by atoms with Crippen LogP contribution >= 0.6 is 0 Å². The fraction of sp³-hybridized carbons (Fsp3) is 0.680. The lowest BCUT2D eigenvalue weighted by atomic mass is 9.83. The monoisotopic (exact) mass is 447 g/mol. The first kappa shape index (κ1) is 24.6. The van der Waals surface area contributed by atoms with E-state index in [1.54, 1.807) is 24.1 Å². The van der Waals surface area contributed by atoms with Gasteiger partial charge in [-0.2, -0.15) is 0 Å². The van der Waals surface area contributed by atoms with Crippen molar-refractivity contribution in [1.82, 2.24) is 15.1 Å². The zero-order chi connectivity index (χ0) is 22.9. The Morgan fingerprint density at radius 2 is 1.91 bits per heavy atom. The lowest BCUT2D eigenvalue weighted by molar-refractivity contribution is -0.144. The molecule has 3 rings (SSSR count). The van der Waals surface area contributed by atoms with Gasteiger partial charge in [0.25, 0.3) is 0 Å². The summed E-state index contributed by atoms with van der Waals surface area (Å²) in [6, 6.07) is 6.39. The molecule has 32 heavy (non-hydrogen) atoms. The molecule has 1 saturated carbocycles. The summed E-state index contributed by atoms with van der Waals surface area (Å²) in [7, 11) is 3.78. The number of benzene rings is 1. The first-order valence-electron chi connectivity index (χ1n) is 12.0. The number of methoxy groups -OCH3 is 1. The Kier molecular flexibility index (Phi) is 9.48. The van der Waals surface area contributed by atoms with Crippen LogP contribution in [0.15, 0.2) is 24.3 Å². The van der Waals surface area contributed by atoms with Crippen molar-refractivity contribution in [3.05, 3.63) is 35.6 Å². The summed E-state index contributed by atoms with van der Waals surface area (Å²) >= 11 is 0. The molecular weight excluding hydrogens is 409 g/mol. The molecule has 0 aromatic heterocycles. The number of piperidine rings is 1. The first-order chi connectivity index (χ1) is 15.5. The number of likely N-dealkylation sites (tertiary alicyclic amines) is 1. The van der Waals surface area contributed by atoms with Crippen molar-refractivity contribution in [2.75, 3.05) is 40.4 Å². The van der Waals surface area contributed by atoms with Crippen LogP contribution in [0.3, 0.4) is 0 Å². The number of halogens is 1. The molecule has 1 aliphatic heterocycles. The van der Waals surface area contributed by atoms with Crippen molar-refractivity contribution in [2.45, 2.75) is 63.5 Å². The Balaban J connectivity index is 1.60. The van der Waals surface area contributed by atoms with E-state index in [1.807, 2.05) is 0 Å². The van der Waals surface area contributed by atoms with Crippen LogP contribution < -0.4 is 5.32 Å². The van der Waals surface area contributed by atoms with E-state index in [2.05, 4.69) is 17.3 Å². The summed E-state index contributed by atoms with van der Waals surface area (Å²) in [5, 5.41) is 3.10. The van der Waals surface area contributed by atoms with E-state index in [-0.39, 0.29) is 23.5 Å². The van der Waals surface area contributed by atoms with Gasteiger partial charge in [-0.3, -0.25) is 9.59 Å². The van der Waals surface area contributed by atoms with Gasteiger partial charge in [-0.1, -0.05) is 31.4 Å². The van der Waals surface area contributed by atoms with Gasteiger partial charge in [0.15, 0.2) is 0 Å². The minimum atomic E-state index is -0.406. The summed E-state index contributed by atoms with van der Waals surface area (Å²) < 4.78 is 18.7. The maximum atomic E-state index is 13.5. The molecule has 0 radical (unpaired) electrons. The second-order valence-corrected chi connectivity index (χ2v) is 9.14. The zero-order valence-corrected chi connectivity index (χ0v) is 19.5. The van der Waals surface area contributed by atoms with Gasteiger partial charge in [-0.15, -0.1) is 0 Å². The molecule has 1 aromatic rings. The van der Waals surface area contributed by atoms with Gasteiger partial charge in [0.1, 0.15) is 5.82 Å². The lowest BCUT2D eigenvalue weighted by Gasteiger charge is -2.40. The molecule has 2 amide bonds. The van der Waals surface area contributed by atoms with Crippen LogP contribution in [0.25, 0.3) is 0 Å². The van der Waals surface area contributed by atoms with Crippen molar-refractivity contribution in [1.29, 1.82) is 0 Å². The van der Waals surface area contributed by atoms with E-state index in [9.17, 15) is 14.0 Å². The van der Waals surface area contributed by atoms with E-state index in [0.717, 1.165) is 18.5 Å². The Hall–Kier alpha value is -1.99. The number of amides is 2. The minimum Gasteiger partial charge on any atom is -0.383 e. The van der Waals surface area contributed by atoms with Crippen LogP contribution in [0, 0.1) is 11.7 Å². The van der Waals surface area contributed by atoms with Crippen LogP contribution in [0.5, 0.6) is 0 Å². The van der Waals surface area contributed by atoms with Gasteiger partial charge >= 0.3 is 0 Å². The van der Waals surface area contributed by atoms with Gasteiger partial charge < -0.3 is 19.9 Å². The predicted molar refractivity (Wildman–Crippen MR) is 123 cm³/mol. The van der Waals surface area contributed by atoms with E-state index < -0.39 is 6.04 Å². The standard InChI is InChI=1S/C25H38FN3O3/c1-28(21-7-4-3-5-8-21)16-6-15-27-25(31)22-13-14-23(30)29(17-18-32-2)24(22)19-9-11-20(26)12-10-19/h9-12,21-22,24H,3-8,13-18H2,1-2H3,(H,27,31)/t22-,24+/m1/s1. The third-order valence-corrected chi connectivity index (χ3v) is 6.98. The lowest BCUT2D eigenvalue weighted by Crippen LogP contribution is -2.49. The quantitative estimate of drug-likeness (QED) is 0.558. The third kappa shape index (κ3) is 6.51. The van der Waals surface area contributed by atoms with Gasteiger partial charge in [-0.05, 0) is 57.0 Å². The number of carbonyl (C=O) groups is 2. The number of ether oxygens (including phenoxy) is 1. The summed E-state index contributed by atoms with van der Waals surface area (Å²) in [4.78, 5) is 30.0. The highest BCUT2D eigenvalue weighted by molar-refractivity contribution is 5.85. The normalized spacial score (nSPS) is 22.4. The predicted octanol–water partition coefficient (Wildman–Crippen LogP) is 3.52. The molecule has 0 bridgehead atoms. The number of hydrogen-bond acceptors (Lipinski definition) is 4.